The summed E-state index contributed by atoms with van der Waals surface area (Å²) >= 11 is 0. The molecule has 0 spiro atoms. The highest BCUT2D eigenvalue weighted by Gasteiger charge is 2.10. The van der Waals surface area contributed by atoms with Crippen molar-refractivity contribution >= 4 is 5.91 Å². The molecule has 0 unspecified atom stereocenters. The number of rotatable bonds is 8. The molecule has 1 rings (SSSR count). The molecular formula is C15H24N2O3. The molecule has 1 aromatic carbocycles. The number of carbonyl (C=O) groups excluding carboxylic acids is 1. The Kier molecular flexibility index (Phi) is 6.87. The Morgan fingerprint density at radius 1 is 1.30 bits per heavy atom. The molecule has 1 N–H and O–H groups in total. The van der Waals surface area contributed by atoms with Gasteiger partial charge in [0.05, 0.1) is 7.11 Å². The smallest absolute Gasteiger partial charge is 0.258 e. The van der Waals surface area contributed by atoms with Gasteiger partial charge in [0, 0.05) is 6.04 Å². The van der Waals surface area contributed by atoms with Crippen molar-refractivity contribution in [2.75, 3.05) is 34.4 Å². The van der Waals surface area contributed by atoms with E-state index in [0.29, 0.717) is 11.5 Å². The van der Waals surface area contributed by atoms with Crippen LogP contribution < -0.4 is 14.8 Å². The van der Waals surface area contributed by atoms with Crippen LogP contribution in [0.15, 0.2) is 24.3 Å². The van der Waals surface area contributed by atoms with Crippen LogP contribution in [0.4, 0.5) is 0 Å². The minimum absolute atomic E-state index is 0.00726. The molecule has 0 aromatic heterocycles. The summed E-state index contributed by atoms with van der Waals surface area (Å²) in [5, 5.41) is 2.91. The molecule has 0 heterocycles. The molecule has 1 amide bonds. The number of ether oxygens (including phenoxy) is 2. The molecule has 1 atom stereocenters. The molecule has 20 heavy (non-hydrogen) atoms. The van der Waals surface area contributed by atoms with Crippen LogP contribution in [0.25, 0.3) is 0 Å². The fraction of sp³-hybridized carbons (Fsp3) is 0.533. The number of benzene rings is 1. The van der Waals surface area contributed by atoms with Crippen molar-refractivity contribution in [2.45, 2.75) is 19.4 Å². The van der Waals surface area contributed by atoms with Gasteiger partial charge in [-0.3, -0.25) is 4.79 Å². The zero-order valence-corrected chi connectivity index (χ0v) is 12.7. The van der Waals surface area contributed by atoms with E-state index in [1.807, 2.05) is 33.2 Å². The summed E-state index contributed by atoms with van der Waals surface area (Å²) in [4.78, 5) is 13.9. The second-order valence-electron chi connectivity index (χ2n) is 5.00. The standard InChI is InChI=1S/C15H24N2O3/c1-12(9-10-17(2)3)16-15(18)11-20-14-8-6-5-7-13(14)19-4/h5-8,12H,9-11H2,1-4H3,(H,16,18)/t12-/m0/s1. The third kappa shape index (κ3) is 5.93. The van der Waals surface area contributed by atoms with Crippen molar-refractivity contribution in [1.82, 2.24) is 10.2 Å². The number of para-hydroxylation sites is 2. The van der Waals surface area contributed by atoms with Gasteiger partial charge in [-0.1, -0.05) is 12.1 Å². The SMILES string of the molecule is COc1ccccc1OCC(=O)N[C@@H](C)CCN(C)C. The van der Waals surface area contributed by atoms with Crippen LogP contribution in [0.1, 0.15) is 13.3 Å². The molecule has 0 bridgehead atoms. The van der Waals surface area contributed by atoms with E-state index in [1.165, 1.54) is 0 Å². The molecule has 0 aliphatic rings. The molecule has 5 nitrogen and oxygen atoms in total. The van der Waals surface area contributed by atoms with Gasteiger partial charge in [0.1, 0.15) is 0 Å². The highest BCUT2D eigenvalue weighted by Crippen LogP contribution is 2.25. The van der Waals surface area contributed by atoms with E-state index < -0.39 is 0 Å². The number of nitrogens with zero attached hydrogens (tertiary/aromatic N) is 1. The Morgan fingerprint density at radius 2 is 1.95 bits per heavy atom. The van der Waals surface area contributed by atoms with Crippen LogP contribution in [0.2, 0.25) is 0 Å². The predicted octanol–water partition coefficient (Wildman–Crippen LogP) is 1.53. The third-order valence-corrected chi connectivity index (χ3v) is 2.84. The summed E-state index contributed by atoms with van der Waals surface area (Å²) < 4.78 is 10.6. The minimum Gasteiger partial charge on any atom is -0.493 e. The summed E-state index contributed by atoms with van der Waals surface area (Å²) in [6.45, 7) is 2.92. The van der Waals surface area contributed by atoms with Gasteiger partial charge in [-0.2, -0.15) is 0 Å². The Hall–Kier alpha value is -1.75. The first-order valence-electron chi connectivity index (χ1n) is 6.73. The average molecular weight is 280 g/mol. The molecule has 0 saturated carbocycles. The van der Waals surface area contributed by atoms with Gasteiger partial charge in [-0.15, -0.1) is 0 Å². The molecular weight excluding hydrogens is 256 g/mol. The maximum absolute atomic E-state index is 11.8. The molecule has 0 radical (unpaired) electrons. The van der Waals surface area contributed by atoms with Gasteiger partial charge in [0.15, 0.2) is 18.1 Å². The van der Waals surface area contributed by atoms with E-state index in [1.54, 1.807) is 19.2 Å². The Bertz CT molecular complexity index is 421. The van der Waals surface area contributed by atoms with E-state index in [9.17, 15) is 4.79 Å². The van der Waals surface area contributed by atoms with Crippen LogP contribution in [0, 0.1) is 0 Å². The van der Waals surface area contributed by atoms with E-state index in [0.717, 1.165) is 13.0 Å². The van der Waals surface area contributed by atoms with E-state index in [4.69, 9.17) is 9.47 Å². The summed E-state index contributed by atoms with van der Waals surface area (Å²) in [5.41, 5.74) is 0. The van der Waals surface area contributed by atoms with Gasteiger partial charge < -0.3 is 19.7 Å². The Morgan fingerprint density at radius 3 is 2.55 bits per heavy atom. The first-order chi connectivity index (χ1) is 9.52. The Balaban J connectivity index is 2.36. The largest absolute Gasteiger partial charge is 0.493 e. The maximum atomic E-state index is 11.8. The maximum Gasteiger partial charge on any atom is 0.258 e. The highest BCUT2D eigenvalue weighted by atomic mass is 16.5. The summed E-state index contributed by atoms with van der Waals surface area (Å²) in [6, 6.07) is 7.41. The zero-order chi connectivity index (χ0) is 15.0. The lowest BCUT2D eigenvalue weighted by atomic mass is 10.2. The lowest BCUT2D eigenvalue weighted by molar-refractivity contribution is -0.123. The molecule has 112 valence electrons. The lowest BCUT2D eigenvalue weighted by Gasteiger charge is -2.17. The second-order valence-corrected chi connectivity index (χ2v) is 5.00. The highest BCUT2D eigenvalue weighted by molar-refractivity contribution is 5.77. The first-order valence-corrected chi connectivity index (χ1v) is 6.73. The number of methoxy groups -OCH3 is 1. The van der Waals surface area contributed by atoms with Gasteiger partial charge in [0.25, 0.3) is 5.91 Å². The summed E-state index contributed by atoms with van der Waals surface area (Å²) in [6.07, 6.45) is 0.910. The van der Waals surface area contributed by atoms with Gasteiger partial charge in [-0.05, 0) is 46.1 Å². The Labute approximate surface area is 120 Å². The van der Waals surface area contributed by atoms with Crippen LogP contribution in [-0.2, 0) is 4.79 Å². The fourth-order valence-corrected chi connectivity index (χ4v) is 1.72. The first kappa shape index (κ1) is 16.3. The van der Waals surface area contributed by atoms with Crippen LogP contribution in [0.3, 0.4) is 0 Å². The van der Waals surface area contributed by atoms with Crippen molar-refractivity contribution in [3.8, 4) is 11.5 Å². The van der Waals surface area contributed by atoms with Crippen molar-refractivity contribution in [3.63, 3.8) is 0 Å². The molecule has 0 aliphatic heterocycles. The molecule has 0 aliphatic carbocycles. The summed E-state index contributed by atoms with van der Waals surface area (Å²) in [7, 11) is 5.60. The molecule has 0 saturated heterocycles. The topological polar surface area (TPSA) is 50.8 Å². The average Bonchev–Trinajstić information content (AvgIpc) is 2.43. The molecule has 5 heteroatoms. The zero-order valence-electron chi connectivity index (χ0n) is 12.7. The van der Waals surface area contributed by atoms with Crippen molar-refractivity contribution in [2.24, 2.45) is 0 Å². The van der Waals surface area contributed by atoms with Crippen molar-refractivity contribution in [3.05, 3.63) is 24.3 Å². The number of hydrogen-bond acceptors (Lipinski definition) is 4. The van der Waals surface area contributed by atoms with E-state index in [2.05, 4.69) is 10.2 Å². The monoisotopic (exact) mass is 280 g/mol. The number of amides is 1. The number of nitrogens with one attached hydrogen (secondary N) is 1. The number of carbonyl (C=O) groups is 1. The van der Waals surface area contributed by atoms with Gasteiger partial charge in [0.2, 0.25) is 0 Å². The fourth-order valence-electron chi connectivity index (χ4n) is 1.72. The van der Waals surface area contributed by atoms with Gasteiger partial charge >= 0.3 is 0 Å². The lowest BCUT2D eigenvalue weighted by Crippen LogP contribution is -2.37. The second kappa shape index (κ2) is 8.43. The molecule has 1 aromatic rings. The van der Waals surface area contributed by atoms with Crippen molar-refractivity contribution in [1.29, 1.82) is 0 Å². The third-order valence-electron chi connectivity index (χ3n) is 2.84. The van der Waals surface area contributed by atoms with E-state index >= 15 is 0 Å². The van der Waals surface area contributed by atoms with Crippen molar-refractivity contribution < 1.29 is 14.3 Å². The minimum atomic E-state index is -0.123. The molecule has 0 fully saturated rings. The predicted molar refractivity (Wildman–Crippen MR) is 79.3 cm³/mol. The van der Waals surface area contributed by atoms with E-state index in [-0.39, 0.29) is 18.6 Å². The van der Waals surface area contributed by atoms with Crippen LogP contribution in [0.5, 0.6) is 11.5 Å². The summed E-state index contributed by atoms with van der Waals surface area (Å²) in [5.74, 6) is 1.08. The van der Waals surface area contributed by atoms with Crippen LogP contribution >= 0.6 is 0 Å². The normalized spacial score (nSPS) is 12.1. The quantitative estimate of drug-likeness (QED) is 0.784. The van der Waals surface area contributed by atoms with Crippen LogP contribution in [-0.4, -0.2) is 51.2 Å². The number of hydrogen-bond donors (Lipinski definition) is 1. The van der Waals surface area contributed by atoms with Gasteiger partial charge in [-0.25, -0.2) is 0 Å².